The van der Waals surface area contributed by atoms with Crippen molar-refractivity contribution in [1.82, 2.24) is 4.90 Å². The fraction of sp³-hybridized carbons (Fsp3) is 0.176. The maximum absolute atomic E-state index is 14.2. The summed E-state index contributed by atoms with van der Waals surface area (Å²) >= 11 is 0. The Balaban J connectivity index is 1.46. The Labute approximate surface area is 236 Å². The number of carbonyl (C=O) groups excluding carboxylic acids is 1. The number of hydrogen-bond acceptors (Lipinski definition) is 5. The van der Waals surface area contributed by atoms with E-state index < -0.39 is 23.2 Å². The lowest BCUT2D eigenvalue weighted by Gasteiger charge is -2.26. The van der Waals surface area contributed by atoms with E-state index in [-0.39, 0.29) is 28.8 Å². The summed E-state index contributed by atoms with van der Waals surface area (Å²) in [4.78, 5) is 29.3. The van der Waals surface area contributed by atoms with E-state index in [2.05, 4.69) is 0 Å². The molecule has 0 aliphatic carbocycles. The smallest absolute Gasteiger partial charge is 0.291 e. The highest BCUT2D eigenvalue weighted by Crippen LogP contribution is 2.42. The van der Waals surface area contributed by atoms with Crippen molar-refractivity contribution in [2.75, 3.05) is 6.61 Å². The number of nitrogens with zero attached hydrogens (tertiary/aromatic N) is 1. The Bertz CT molecular complexity index is 1800. The molecule has 41 heavy (non-hydrogen) atoms. The Morgan fingerprint density at radius 2 is 1.63 bits per heavy atom. The SMILES string of the molecule is CCOc1cc(C2c3c(oc4ccc(F)cc4c3=O)C(=O)N2Cc2ccc(C)cc2)ccc1OCc1ccccc1. The van der Waals surface area contributed by atoms with Gasteiger partial charge in [-0.05, 0) is 60.9 Å². The second kappa shape index (κ2) is 10.9. The molecule has 0 saturated carbocycles. The molecule has 2 heterocycles. The molecule has 0 spiro atoms. The lowest BCUT2D eigenvalue weighted by molar-refractivity contribution is 0.0714. The van der Waals surface area contributed by atoms with Gasteiger partial charge in [-0.3, -0.25) is 9.59 Å². The summed E-state index contributed by atoms with van der Waals surface area (Å²) in [7, 11) is 0. The maximum atomic E-state index is 14.2. The minimum atomic E-state index is -0.773. The van der Waals surface area contributed by atoms with Gasteiger partial charge in [0.15, 0.2) is 16.9 Å². The number of halogens is 1. The third-order valence-electron chi connectivity index (χ3n) is 7.22. The van der Waals surface area contributed by atoms with Gasteiger partial charge in [0.1, 0.15) is 18.0 Å². The number of hydrogen-bond donors (Lipinski definition) is 0. The zero-order valence-electron chi connectivity index (χ0n) is 22.7. The molecule has 1 atom stereocenters. The van der Waals surface area contributed by atoms with E-state index in [1.165, 1.54) is 12.1 Å². The van der Waals surface area contributed by atoms with Crippen LogP contribution in [0.3, 0.4) is 0 Å². The van der Waals surface area contributed by atoms with Crippen LogP contribution in [0.1, 0.15) is 51.3 Å². The zero-order chi connectivity index (χ0) is 28.5. The van der Waals surface area contributed by atoms with Crippen LogP contribution in [0.25, 0.3) is 11.0 Å². The number of ether oxygens (including phenoxy) is 2. The number of benzene rings is 4. The van der Waals surface area contributed by atoms with Crippen LogP contribution >= 0.6 is 0 Å². The normalized spacial score (nSPS) is 14.4. The van der Waals surface area contributed by atoms with Gasteiger partial charge in [0.05, 0.1) is 23.6 Å². The predicted molar refractivity (Wildman–Crippen MR) is 154 cm³/mol. The Kier molecular flexibility index (Phi) is 7.01. The molecule has 206 valence electrons. The van der Waals surface area contributed by atoms with Crippen LogP contribution in [0, 0.1) is 12.7 Å². The molecular formula is C34H28FNO5. The van der Waals surface area contributed by atoms with Crippen LogP contribution in [-0.2, 0) is 13.2 Å². The maximum Gasteiger partial charge on any atom is 0.291 e. The third-order valence-corrected chi connectivity index (χ3v) is 7.22. The molecule has 0 fully saturated rings. The fourth-order valence-electron chi connectivity index (χ4n) is 5.21. The standard InChI is InChI=1S/C34H28FNO5/c1-3-39-29-17-24(13-15-28(29)40-20-23-7-5-4-6-8-23)31-30-32(37)26-18-25(35)14-16-27(26)41-33(30)34(38)36(31)19-22-11-9-21(2)10-12-22/h4-18,31H,3,19-20H2,1-2H3. The van der Waals surface area contributed by atoms with E-state index >= 15 is 0 Å². The van der Waals surface area contributed by atoms with Crippen molar-refractivity contribution in [2.45, 2.75) is 33.0 Å². The molecule has 1 aromatic heterocycles. The summed E-state index contributed by atoms with van der Waals surface area (Å²) < 4.78 is 32.1. The first-order valence-corrected chi connectivity index (χ1v) is 13.5. The quantitative estimate of drug-likeness (QED) is 0.209. The van der Waals surface area contributed by atoms with Gasteiger partial charge in [-0.1, -0.05) is 66.2 Å². The summed E-state index contributed by atoms with van der Waals surface area (Å²) in [5.41, 5.74) is 3.57. The molecule has 7 heteroatoms. The van der Waals surface area contributed by atoms with Crippen molar-refractivity contribution in [3.05, 3.63) is 141 Å². The molecule has 6 rings (SSSR count). The predicted octanol–water partition coefficient (Wildman–Crippen LogP) is 6.96. The Hall–Kier alpha value is -4.91. The largest absolute Gasteiger partial charge is 0.490 e. The van der Waals surface area contributed by atoms with Crippen molar-refractivity contribution in [3.8, 4) is 11.5 Å². The number of amides is 1. The van der Waals surface area contributed by atoms with Crippen molar-refractivity contribution < 1.29 is 23.1 Å². The molecule has 1 amide bonds. The van der Waals surface area contributed by atoms with Gasteiger partial charge in [-0.2, -0.15) is 0 Å². The first-order chi connectivity index (χ1) is 19.9. The average molecular weight is 550 g/mol. The highest BCUT2D eigenvalue weighted by Gasteiger charge is 2.43. The Morgan fingerprint density at radius 3 is 2.39 bits per heavy atom. The summed E-state index contributed by atoms with van der Waals surface area (Å²) in [6, 6.07) is 26.0. The molecule has 0 saturated heterocycles. The van der Waals surface area contributed by atoms with E-state index in [1.54, 1.807) is 17.0 Å². The highest BCUT2D eigenvalue weighted by molar-refractivity contribution is 5.99. The fourth-order valence-corrected chi connectivity index (χ4v) is 5.21. The molecule has 1 aliphatic rings. The topological polar surface area (TPSA) is 69.0 Å². The minimum Gasteiger partial charge on any atom is -0.490 e. The monoisotopic (exact) mass is 549 g/mol. The van der Waals surface area contributed by atoms with Crippen molar-refractivity contribution in [3.63, 3.8) is 0 Å². The van der Waals surface area contributed by atoms with E-state index in [4.69, 9.17) is 13.9 Å². The molecule has 1 aliphatic heterocycles. The van der Waals surface area contributed by atoms with Crippen molar-refractivity contribution in [1.29, 1.82) is 0 Å². The van der Waals surface area contributed by atoms with Gasteiger partial charge < -0.3 is 18.8 Å². The third kappa shape index (κ3) is 5.07. The molecule has 4 aromatic carbocycles. The zero-order valence-corrected chi connectivity index (χ0v) is 22.7. The summed E-state index contributed by atoms with van der Waals surface area (Å²) in [6.45, 7) is 4.86. The number of fused-ring (bicyclic) bond motifs is 2. The van der Waals surface area contributed by atoms with E-state index in [9.17, 15) is 14.0 Å². The number of aryl methyl sites for hydroxylation is 1. The molecule has 6 nitrogen and oxygen atoms in total. The molecule has 0 bridgehead atoms. The van der Waals surface area contributed by atoms with Gasteiger partial charge in [-0.25, -0.2) is 4.39 Å². The lowest BCUT2D eigenvalue weighted by atomic mass is 9.97. The van der Waals surface area contributed by atoms with Crippen molar-refractivity contribution in [2.24, 2.45) is 0 Å². The van der Waals surface area contributed by atoms with Crippen LogP contribution in [0.2, 0.25) is 0 Å². The van der Waals surface area contributed by atoms with Crippen LogP contribution < -0.4 is 14.9 Å². The van der Waals surface area contributed by atoms with Crippen LogP contribution in [0.15, 0.2) is 100 Å². The summed E-state index contributed by atoms with van der Waals surface area (Å²) in [5, 5.41) is 0.0894. The van der Waals surface area contributed by atoms with E-state index in [0.717, 1.165) is 22.8 Å². The van der Waals surface area contributed by atoms with Crippen LogP contribution in [0.5, 0.6) is 11.5 Å². The van der Waals surface area contributed by atoms with Crippen molar-refractivity contribution >= 4 is 16.9 Å². The highest BCUT2D eigenvalue weighted by atomic mass is 19.1. The van der Waals surface area contributed by atoms with Gasteiger partial charge in [0, 0.05) is 6.54 Å². The summed E-state index contributed by atoms with van der Waals surface area (Å²) in [6.07, 6.45) is 0. The van der Waals surface area contributed by atoms with Gasteiger partial charge in [-0.15, -0.1) is 0 Å². The second-order valence-electron chi connectivity index (χ2n) is 10.0. The van der Waals surface area contributed by atoms with Gasteiger partial charge >= 0.3 is 0 Å². The van der Waals surface area contributed by atoms with E-state index in [0.29, 0.717) is 30.3 Å². The number of carbonyl (C=O) groups is 1. The molecule has 0 radical (unpaired) electrons. The molecule has 0 N–H and O–H groups in total. The average Bonchev–Trinajstić information content (AvgIpc) is 3.25. The minimum absolute atomic E-state index is 0.0337. The lowest BCUT2D eigenvalue weighted by Crippen LogP contribution is -2.29. The van der Waals surface area contributed by atoms with Crippen LogP contribution in [0.4, 0.5) is 4.39 Å². The summed E-state index contributed by atoms with van der Waals surface area (Å²) in [5.74, 6) is 0.0422. The van der Waals surface area contributed by atoms with Gasteiger partial charge in [0.2, 0.25) is 5.76 Å². The number of rotatable bonds is 8. The van der Waals surface area contributed by atoms with Gasteiger partial charge in [0.25, 0.3) is 5.91 Å². The first kappa shape index (κ1) is 26.3. The van der Waals surface area contributed by atoms with E-state index in [1.807, 2.05) is 74.5 Å². The second-order valence-corrected chi connectivity index (χ2v) is 10.0. The molecule has 5 aromatic rings. The molecule has 1 unspecified atom stereocenters. The Morgan fingerprint density at radius 1 is 0.854 bits per heavy atom. The molecular weight excluding hydrogens is 521 g/mol. The first-order valence-electron chi connectivity index (χ1n) is 13.5. The van der Waals surface area contributed by atoms with Crippen LogP contribution in [-0.4, -0.2) is 17.4 Å².